The third-order valence-electron chi connectivity index (χ3n) is 4.70. The van der Waals surface area contributed by atoms with Crippen molar-refractivity contribution in [2.24, 2.45) is 0 Å². The first-order valence-corrected chi connectivity index (χ1v) is 9.19. The fourth-order valence-electron chi connectivity index (χ4n) is 3.08. The van der Waals surface area contributed by atoms with Gasteiger partial charge in [0.2, 0.25) is 0 Å². The molecule has 0 aliphatic heterocycles. The van der Waals surface area contributed by atoms with Crippen molar-refractivity contribution in [2.45, 2.75) is 13.1 Å². The van der Waals surface area contributed by atoms with E-state index in [4.69, 9.17) is 0 Å². The third kappa shape index (κ3) is 4.35. The molecule has 0 spiro atoms. The van der Waals surface area contributed by atoms with Gasteiger partial charge < -0.3 is 15.6 Å². The quantitative estimate of drug-likeness (QED) is 0.348. The molecule has 2 aromatic carbocycles. The molecule has 0 saturated heterocycles. The van der Waals surface area contributed by atoms with Gasteiger partial charge in [-0.3, -0.25) is 4.79 Å². The SMILES string of the molecule is Cc1cc(C(=O)Nc2ccc(C(F)(F)F)cc2)cnc1Nc1ccc2c(F)c[nH]c2c1. The number of fused-ring (bicyclic) bond motifs is 1. The Hall–Kier alpha value is -3.88. The molecule has 31 heavy (non-hydrogen) atoms. The first-order valence-electron chi connectivity index (χ1n) is 9.19. The van der Waals surface area contributed by atoms with Gasteiger partial charge in [0.05, 0.1) is 16.6 Å². The number of hydrogen-bond acceptors (Lipinski definition) is 3. The van der Waals surface area contributed by atoms with Gasteiger partial charge in [-0.1, -0.05) is 0 Å². The summed E-state index contributed by atoms with van der Waals surface area (Å²) >= 11 is 0. The molecule has 0 unspecified atom stereocenters. The topological polar surface area (TPSA) is 69.8 Å². The molecule has 1 amide bonds. The molecule has 2 aromatic heterocycles. The van der Waals surface area contributed by atoms with Gasteiger partial charge >= 0.3 is 6.18 Å². The highest BCUT2D eigenvalue weighted by atomic mass is 19.4. The number of carbonyl (C=O) groups is 1. The molecule has 0 aliphatic carbocycles. The maximum Gasteiger partial charge on any atom is 0.416 e. The van der Waals surface area contributed by atoms with Crippen LogP contribution in [0.5, 0.6) is 0 Å². The summed E-state index contributed by atoms with van der Waals surface area (Å²) in [6.45, 7) is 1.76. The summed E-state index contributed by atoms with van der Waals surface area (Å²) < 4.78 is 51.5. The summed E-state index contributed by atoms with van der Waals surface area (Å²) in [4.78, 5) is 19.5. The average molecular weight is 428 g/mol. The molecule has 0 fully saturated rings. The smallest absolute Gasteiger partial charge is 0.358 e. The van der Waals surface area contributed by atoms with Crippen molar-refractivity contribution < 1.29 is 22.4 Å². The maximum absolute atomic E-state index is 13.6. The minimum Gasteiger partial charge on any atom is -0.358 e. The van der Waals surface area contributed by atoms with Crippen LogP contribution in [0.1, 0.15) is 21.5 Å². The summed E-state index contributed by atoms with van der Waals surface area (Å²) in [6, 6.07) is 10.9. The first-order chi connectivity index (χ1) is 14.7. The Kier molecular flexibility index (Phi) is 5.10. The average Bonchev–Trinajstić information content (AvgIpc) is 3.09. The fourth-order valence-corrected chi connectivity index (χ4v) is 3.08. The molecule has 9 heteroatoms. The lowest BCUT2D eigenvalue weighted by Crippen LogP contribution is -2.13. The number of H-pyrrole nitrogens is 1. The van der Waals surface area contributed by atoms with E-state index < -0.39 is 17.6 Å². The van der Waals surface area contributed by atoms with E-state index in [1.54, 1.807) is 31.2 Å². The highest BCUT2D eigenvalue weighted by molar-refractivity contribution is 6.04. The minimum atomic E-state index is -4.44. The van der Waals surface area contributed by atoms with Gasteiger partial charge in [0.15, 0.2) is 0 Å². The zero-order valence-electron chi connectivity index (χ0n) is 16.1. The lowest BCUT2D eigenvalue weighted by Gasteiger charge is -2.11. The number of benzene rings is 2. The minimum absolute atomic E-state index is 0.240. The number of pyridine rings is 1. The number of rotatable bonds is 4. The van der Waals surface area contributed by atoms with Gasteiger partial charge in [-0.15, -0.1) is 0 Å². The van der Waals surface area contributed by atoms with Crippen molar-refractivity contribution in [2.75, 3.05) is 10.6 Å². The van der Waals surface area contributed by atoms with Crippen LogP contribution < -0.4 is 10.6 Å². The number of aryl methyl sites for hydroxylation is 1. The molecule has 0 aliphatic rings. The Morgan fingerprint density at radius 1 is 1.03 bits per heavy atom. The van der Waals surface area contributed by atoms with Gasteiger partial charge in [-0.2, -0.15) is 13.2 Å². The molecule has 4 rings (SSSR count). The standard InChI is InChI=1S/C22H16F4N4O/c1-12-8-13(21(31)30-15-4-2-14(3-5-15)22(24,25)26)10-28-20(12)29-16-6-7-17-18(23)11-27-19(17)9-16/h2-11,27H,1H3,(H,28,29)(H,30,31). The highest BCUT2D eigenvalue weighted by Crippen LogP contribution is 2.30. The zero-order valence-corrected chi connectivity index (χ0v) is 16.1. The summed E-state index contributed by atoms with van der Waals surface area (Å²) in [6.07, 6.45) is -1.80. The van der Waals surface area contributed by atoms with Crippen LogP contribution in [0.4, 0.5) is 34.8 Å². The Bertz CT molecular complexity index is 1260. The molecule has 0 radical (unpaired) electrons. The number of aromatic nitrogens is 2. The van der Waals surface area contributed by atoms with Gasteiger partial charge in [0.1, 0.15) is 11.6 Å². The van der Waals surface area contributed by atoms with Gasteiger partial charge in [0.25, 0.3) is 5.91 Å². The van der Waals surface area contributed by atoms with Crippen molar-refractivity contribution >= 4 is 34.0 Å². The van der Waals surface area contributed by atoms with Crippen molar-refractivity contribution in [1.82, 2.24) is 9.97 Å². The Morgan fingerprint density at radius 3 is 2.42 bits per heavy atom. The van der Waals surface area contributed by atoms with E-state index >= 15 is 0 Å². The van der Waals surface area contributed by atoms with E-state index in [2.05, 4.69) is 20.6 Å². The molecule has 0 atom stereocenters. The molecule has 2 heterocycles. The number of nitrogens with one attached hydrogen (secondary N) is 3. The van der Waals surface area contributed by atoms with Crippen molar-refractivity contribution in [3.05, 3.63) is 83.4 Å². The van der Waals surface area contributed by atoms with Crippen LogP contribution in [0.3, 0.4) is 0 Å². The lowest BCUT2D eigenvalue weighted by molar-refractivity contribution is -0.137. The van der Waals surface area contributed by atoms with Crippen molar-refractivity contribution in [3.8, 4) is 0 Å². The molecule has 0 saturated carbocycles. The van der Waals surface area contributed by atoms with E-state index in [1.807, 2.05) is 0 Å². The van der Waals surface area contributed by atoms with Crippen LogP contribution in [-0.2, 0) is 6.18 Å². The number of carbonyl (C=O) groups excluding carboxylic acids is 1. The molecule has 4 aromatic rings. The van der Waals surface area contributed by atoms with Crippen LogP contribution in [0.2, 0.25) is 0 Å². The lowest BCUT2D eigenvalue weighted by atomic mass is 10.1. The van der Waals surface area contributed by atoms with E-state index in [0.717, 1.165) is 12.1 Å². The summed E-state index contributed by atoms with van der Waals surface area (Å²) in [7, 11) is 0. The largest absolute Gasteiger partial charge is 0.416 e. The van der Waals surface area contributed by atoms with E-state index in [-0.39, 0.29) is 17.1 Å². The molecular formula is C22H16F4N4O. The van der Waals surface area contributed by atoms with E-state index in [0.29, 0.717) is 28.0 Å². The summed E-state index contributed by atoms with van der Waals surface area (Å²) in [5.41, 5.74) is 1.70. The Balaban J connectivity index is 1.47. The second-order valence-electron chi connectivity index (χ2n) is 6.94. The summed E-state index contributed by atoms with van der Waals surface area (Å²) in [5.74, 6) is -0.318. The number of amides is 1. The number of hydrogen-bond donors (Lipinski definition) is 3. The van der Waals surface area contributed by atoms with Crippen molar-refractivity contribution in [1.29, 1.82) is 0 Å². The second-order valence-corrected chi connectivity index (χ2v) is 6.94. The highest BCUT2D eigenvalue weighted by Gasteiger charge is 2.30. The molecular weight excluding hydrogens is 412 g/mol. The Morgan fingerprint density at radius 2 is 1.74 bits per heavy atom. The third-order valence-corrected chi connectivity index (χ3v) is 4.70. The number of nitrogens with zero attached hydrogens (tertiary/aromatic N) is 1. The normalized spacial score (nSPS) is 11.5. The van der Waals surface area contributed by atoms with Gasteiger partial charge in [-0.25, -0.2) is 9.37 Å². The van der Waals surface area contributed by atoms with Crippen LogP contribution in [0, 0.1) is 12.7 Å². The van der Waals surface area contributed by atoms with Crippen LogP contribution in [-0.4, -0.2) is 15.9 Å². The number of aromatic amines is 1. The molecule has 0 bridgehead atoms. The first kappa shape index (κ1) is 20.4. The maximum atomic E-state index is 13.6. The zero-order chi connectivity index (χ0) is 22.2. The van der Waals surface area contributed by atoms with Crippen LogP contribution >= 0.6 is 0 Å². The fraction of sp³-hybridized carbons (Fsp3) is 0.0909. The monoisotopic (exact) mass is 428 g/mol. The molecule has 5 nitrogen and oxygen atoms in total. The number of halogens is 4. The van der Waals surface area contributed by atoms with Crippen LogP contribution in [0.25, 0.3) is 10.9 Å². The second kappa shape index (κ2) is 7.75. The predicted octanol–water partition coefficient (Wildman–Crippen LogP) is 6.03. The number of alkyl halides is 3. The Labute approximate surface area is 174 Å². The van der Waals surface area contributed by atoms with Crippen LogP contribution in [0.15, 0.2) is 60.9 Å². The number of anilines is 3. The molecule has 3 N–H and O–H groups in total. The molecule has 158 valence electrons. The predicted molar refractivity (Wildman–Crippen MR) is 110 cm³/mol. The van der Waals surface area contributed by atoms with Gasteiger partial charge in [0, 0.05) is 29.2 Å². The van der Waals surface area contributed by atoms with Crippen molar-refractivity contribution in [3.63, 3.8) is 0 Å². The van der Waals surface area contributed by atoms with E-state index in [1.165, 1.54) is 24.5 Å². The summed E-state index contributed by atoms with van der Waals surface area (Å²) in [5, 5.41) is 6.14. The van der Waals surface area contributed by atoms with E-state index in [9.17, 15) is 22.4 Å². The van der Waals surface area contributed by atoms with Gasteiger partial charge in [-0.05, 0) is 61.0 Å².